The van der Waals surface area contributed by atoms with Gasteiger partial charge in [0.05, 0.1) is 6.10 Å². The minimum absolute atomic E-state index is 0.115. The topological polar surface area (TPSA) is 20.2 Å². The lowest BCUT2D eigenvalue weighted by molar-refractivity contribution is 0.0286. The molecule has 0 saturated heterocycles. The number of benzene rings is 2. The zero-order chi connectivity index (χ0) is 14.0. The third-order valence-electron chi connectivity index (χ3n) is 4.57. The molecule has 104 valence electrons. The number of hydrogen-bond donors (Lipinski definition) is 1. The van der Waals surface area contributed by atoms with E-state index in [-0.39, 0.29) is 11.2 Å². The Balaban J connectivity index is 1.81. The van der Waals surface area contributed by atoms with Gasteiger partial charge in [-0.1, -0.05) is 48.9 Å². The van der Waals surface area contributed by atoms with Crippen LogP contribution in [0.1, 0.15) is 30.4 Å². The van der Waals surface area contributed by atoms with Crippen molar-refractivity contribution in [2.24, 2.45) is 0 Å². The van der Waals surface area contributed by atoms with Crippen molar-refractivity contribution in [1.29, 1.82) is 0 Å². The van der Waals surface area contributed by atoms with Crippen LogP contribution in [0.4, 0.5) is 4.39 Å². The molecule has 1 saturated carbocycles. The molecule has 0 aliphatic heterocycles. The van der Waals surface area contributed by atoms with Crippen molar-refractivity contribution < 1.29 is 9.50 Å². The predicted molar refractivity (Wildman–Crippen MR) is 78.1 cm³/mol. The van der Waals surface area contributed by atoms with E-state index in [0.29, 0.717) is 6.42 Å². The predicted octanol–water partition coefficient (Wildman–Crippen LogP) is 3.85. The van der Waals surface area contributed by atoms with Crippen LogP contribution in [-0.2, 0) is 11.8 Å². The molecule has 0 amide bonds. The molecule has 2 heteroatoms. The summed E-state index contributed by atoms with van der Waals surface area (Å²) < 4.78 is 12.9. The Morgan fingerprint density at radius 3 is 2.20 bits per heavy atom. The quantitative estimate of drug-likeness (QED) is 0.894. The average Bonchev–Trinajstić information content (AvgIpc) is 2.41. The molecule has 3 rings (SSSR count). The first-order chi connectivity index (χ1) is 9.71. The van der Waals surface area contributed by atoms with E-state index in [1.165, 1.54) is 17.7 Å². The zero-order valence-electron chi connectivity index (χ0n) is 11.4. The number of aliphatic hydroxyl groups excluding tert-OH is 1. The van der Waals surface area contributed by atoms with Crippen LogP contribution in [0.15, 0.2) is 54.6 Å². The van der Waals surface area contributed by atoms with Crippen LogP contribution in [0.2, 0.25) is 0 Å². The van der Waals surface area contributed by atoms with Crippen molar-refractivity contribution in [3.63, 3.8) is 0 Å². The first-order valence-corrected chi connectivity index (χ1v) is 7.19. The second kappa shape index (κ2) is 5.37. The van der Waals surface area contributed by atoms with Crippen molar-refractivity contribution in [2.45, 2.75) is 37.2 Å². The normalized spacial score (nSPS) is 18.3. The Morgan fingerprint density at radius 1 is 1.00 bits per heavy atom. The van der Waals surface area contributed by atoms with E-state index in [1.54, 1.807) is 12.1 Å². The Bertz CT molecular complexity index is 558. The fourth-order valence-corrected chi connectivity index (χ4v) is 3.18. The summed E-state index contributed by atoms with van der Waals surface area (Å²) in [6, 6.07) is 16.7. The standard InChI is InChI=1S/C18H19FO/c19-16-9-7-14(8-10-16)13-17(20)18(11-4-12-18)15-5-2-1-3-6-15/h1-3,5-10,17,20H,4,11-13H2. The van der Waals surface area contributed by atoms with E-state index in [0.717, 1.165) is 24.8 Å². The number of halogens is 1. The molecular formula is C18H19FO. The smallest absolute Gasteiger partial charge is 0.123 e. The van der Waals surface area contributed by atoms with E-state index < -0.39 is 6.10 Å². The minimum atomic E-state index is -0.413. The Morgan fingerprint density at radius 2 is 1.65 bits per heavy atom. The highest BCUT2D eigenvalue weighted by atomic mass is 19.1. The molecule has 1 aliphatic carbocycles. The monoisotopic (exact) mass is 270 g/mol. The van der Waals surface area contributed by atoms with Crippen LogP contribution in [0.3, 0.4) is 0 Å². The second-order valence-electron chi connectivity index (χ2n) is 5.72. The molecule has 1 atom stereocenters. The summed E-state index contributed by atoms with van der Waals surface area (Å²) in [5, 5.41) is 10.7. The summed E-state index contributed by atoms with van der Waals surface area (Å²) in [7, 11) is 0. The molecule has 1 fully saturated rings. The summed E-state index contributed by atoms with van der Waals surface area (Å²) in [5.74, 6) is -0.232. The van der Waals surface area contributed by atoms with Crippen LogP contribution in [0.25, 0.3) is 0 Å². The van der Waals surface area contributed by atoms with Crippen LogP contribution >= 0.6 is 0 Å². The first-order valence-electron chi connectivity index (χ1n) is 7.19. The first kappa shape index (κ1) is 13.3. The molecule has 2 aromatic rings. The second-order valence-corrected chi connectivity index (χ2v) is 5.72. The Kier molecular flexibility index (Phi) is 3.58. The lowest BCUT2D eigenvalue weighted by atomic mass is 9.60. The third-order valence-corrected chi connectivity index (χ3v) is 4.57. The maximum Gasteiger partial charge on any atom is 0.123 e. The summed E-state index contributed by atoms with van der Waals surface area (Å²) >= 11 is 0. The molecule has 0 radical (unpaired) electrons. The summed E-state index contributed by atoms with van der Waals surface area (Å²) in [4.78, 5) is 0. The van der Waals surface area contributed by atoms with Gasteiger partial charge in [-0.15, -0.1) is 0 Å². The minimum Gasteiger partial charge on any atom is -0.392 e. The van der Waals surface area contributed by atoms with E-state index in [4.69, 9.17) is 0 Å². The summed E-state index contributed by atoms with van der Waals surface area (Å²) in [5.41, 5.74) is 2.09. The van der Waals surface area contributed by atoms with E-state index in [2.05, 4.69) is 12.1 Å². The number of rotatable bonds is 4. The molecule has 0 heterocycles. The average molecular weight is 270 g/mol. The van der Waals surface area contributed by atoms with Crippen LogP contribution in [0.5, 0.6) is 0 Å². The molecule has 1 N–H and O–H groups in total. The van der Waals surface area contributed by atoms with Crippen LogP contribution < -0.4 is 0 Å². The molecule has 1 unspecified atom stereocenters. The van der Waals surface area contributed by atoms with Crippen molar-refractivity contribution in [3.05, 3.63) is 71.5 Å². The summed E-state index contributed by atoms with van der Waals surface area (Å²) in [6.07, 6.45) is 3.38. The molecule has 0 spiro atoms. The van der Waals surface area contributed by atoms with Gasteiger partial charge in [0.25, 0.3) is 0 Å². The lowest BCUT2D eigenvalue weighted by Gasteiger charge is -2.46. The SMILES string of the molecule is OC(Cc1ccc(F)cc1)C1(c2ccccc2)CCC1. The number of aliphatic hydroxyl groups is 1. The van der Waals surface area contributed by atoms with Gasteiger partial charge < -0.3 is 5.11 Å². The fourth-order valence-electron chi connectivity index (χ4n) is 3.18. The molecule has 20 heavy (non-hydrogen) atoms. The maximum absolute atomic E-state index is 12.9. The van der Waals surface area contributed by atoms with Crippen molar-refractivity contribution in [3.8, 4) is 0 Å². The molecule has 1 nitrogen and oxygen atoms in total. The van der Waals surface area contributed by atoms with Gasteiger partial charge in [-0.3, -0.25) is 0 Å². The van der Waals surface area contributed by atoms with Gasteiger partial charge in [0, 0.05) is 5.41 Å². The Labute approximate surface area is 119 Å². The van der Waals surface area contributed by atoms with E-state index in [1.807, 2.05) is 18.2 Å². The van der Waals surface area contributed by atoms with Crippen molar-refractivity contribution in [1.82, 2.24) is 0 Å². The van der Waals surface area contributed by atoms with Crippen molar-refractivity contribution in [2.75, 3.05) is 0 Å². The highest BCUT2D eigenvalue weighted by Crippen LogP contribution is 2.47. The van der Waals surface area contributed by atoms with Crippen LogP contribution in [0, 0.1) is 5.82 Å². The molecule has 2 aromatic carbocycles. The van der Waals surface area contributed by atoms with Gasteiger partial charge >= 0.3 is 0 Å². The van der Waals surface area contributed by atoms with Gasteiger partial charge in [0.1, 0.15) is 5.82 Å². The largest absolute Gasteiger partial charge is 0.392 e. The molecular weight excluding hydrogens is 251 g/mol. The van der Waals surface area contributed by atoms with Gasteiger partial charge in [-0.05, 0) is 42.5 Å². The maximum atomic E-state index is 12.9. The summed E-state index contributed by atoms with van der Waals surface area (Å²) in [6.45, 7) is 0. The highest BCUT2D eigenvalue weighted by Gasteiger charge is 2.44. The lowest BCUT2D eigenvalue weighted by Crippen LogP contribution is -2.46. The van der Waals surface area contributed by atoms with Gasteiger partial charge in [0.2, 0.25) is 0 Å². The number of hydrogen-bond acceptors (Lipinski definition) is 1. The third kappa shape index (κ3) is 2.36. The van der Waals surface area contributed by atoms with Crippen molar-refractivity contribution >= 4 is 0 Å². The van der Waals surface area contributed by atoms with Crippen LogP contribution in [-0.4, -0.2) is 11.2 Å². The Hall–Kier alpha value is -1.67. The van der Waals surface area contributed by atoms with Gasteiger partial charge in [-0.25, -0.2) is 4.39 Å². The fraction of sp³-hybridized carbons (Fsp3) is 0.333. The van der Waals surface area contributed by atoms with Gasteiger partial charge in [0.15, 0.2) is 0 Å². The van der Waals surface area contributed by atoms with E-state index >= 15 is 0 Å². The molecule has 0 aromatic heterocycles. The van der Waals surface area contributed by atoms with Gasteiger partial charge in [-0.2, -0.15) is 0 Å². The molecule has 1 aliphatic rings. The highest BCUT2D eigenvalue weighted by molar-refractivity contribution is 5.31. The zero-order valence-corrected chi connectivity index (χ0v) is 11.4. The van der Waals surface area contributed by atoms with E-state index in [9.17, 15) is 9.50 Å². The molecule has 0 bridgehead atoms.